The van der Waals surface area contributed by atoms with Crippen LogP contribution in [0.4, 0.5) is 5.88 Å². The van der Waals surface area contributed by atoms with Gasteiger partial charge >= 0.3 is 0 Å². The lowest BCUT2D eigenvalue weighted by atomic mass is 10.0. The first-order valence-corrected chi connectivity index (χ1v) is 11.9. The van der Waals surface area contributed by atoms with Crippen LogP contribution in [0, 0.1) is 0 Å². The number of ether oxygens (including phenoxy) is 1. The lowest BCUT2D eigenvalue weighted by molar-refractivity contribution is -0.139. The molecule has 1 fully saturated rings. The van der Waals surface area contributed by atoms with Crippen LogP contribution in [0.3, 0.4) is 0 Å². The molecule has 1 unspecified atom stereocenters. The molecular formula is C27H34N2O4. The maximum atomic E-state index is 13.4. The second-order valence-corrected chi connectivity index (χ2v) is 9.05. The smallest absolute Gasteiger partial charge is 0.264 e. The van der Waals surface area contributed by atoms with E-state index in [0.717, 1.165) is 30.5 Å². The summed E-state index contributed by atoms with van der Waals surface area (Å²) in [5, 5.41) is 0. The highest BCUT2D eigenvalue weighted by Crippen LogP contribution is 2.25. The van der Waals surface area contributed by atoms with Gasteiger partial charge < -0.3 is 23.4 Å². The van der Waals surface area contributed by atoms with Crippen molar-refractivity contribution in [1.82, 2.24) is 4.90 Å². The second kappa shape index (κ2) is 10.6. The van der Waals surface area contributed by atoms with Crippen molar-refractivity contribution in [3.63, 3.8) is 0 Å². The van der Waals surface area contributed by atoms with Gasteiger partial charge in [-0.15, -0.1) is 0 Å². The molecule has 1 aliphatic heterocycles. The third-order valence-corrected chi connectivity index (χ3v) is 6.11. The number of anilines is 1. The van der Waals surface area contributed by atoms with E-state index in [2.05, 4.69) is 18.7 Å². The third-order valence-electron chi connectivity index (χ3n) is 6.11. The zero-order valence-electron chi connectivity index (χ0n) is 19.8. The van der Waals surface area contributed by atoms with E-state index >= 15 is 0 Å². The summed E-state index contributed by atoms with van der Waals surface area (Å²) in [6.07, 6.45) is 4.63. The molecule has 1 aromatic carbocycles. The molecule has 1 saturated heterocycles. The number of carbonyl (C=O) groups excluding carboxylic acids is 1. The molecule has 1 amide bonds. The highest BCUT2D eigenvalue weighted by atomic mass is 16.5. The summed E-state index contributed by atoms with van der Waals surface area (Å²) in [4.78, 5) is 17.4. The molecule has 33 heavy (non-hydrogen) atoms. The second-order valence-electron chi connectivity index (χ2n) is 9.05. The molecule has 1 aliphatic rings. The molecule has 176 valence electrons. The van der Waals surface area contributed by atoms with Crippen LogP contribution in [0.2, 0.25) is 0 Å². The Labute approximate surface area is 196 Å². The van der Waals surface area contributed by atoms with Crippen LogP contribution in [-0.4, -0.2) is 30.0 Å². The molecule has 0 spiro atoms. The van der Waals surface area contributed by atoms with Crippen molar-refractivity contribution in [2.75, 3.05) is 18.0 Å². The van der Waals surface area contributed by atoms with Gasteiger partial charge in [-0.3, -0.25) is 4.79 Å². The maximum absolute atomic E-state index is 13.4. The zero-order chi connectivity index (χ0) is 23.2. The van der Waals surface area contributed by atoms with Gasteiger partial charge in [0.05, 0.1) is 19.4 Å². The van der Waals surface area contributed by atoms with Gasteiger partial charge in [0.15, 0.2) is 12.0 Å². The first-order chi connectivity index (χ1) is 16.0. The topological polar surface area (TPSA) is 59.1 Å². The standard InChI is InChI=1S/C27H34N2O4/c1-20(2)22-9-11-23(12-10-22)32-21(3)27(30)29(18-24-8-7-17-31-24)19-25-13-14-26(33-25)28-15-5-4-6-16-28/h7-14,17,20-21H,4-6,15-16,18-19H2,1-3H3. The molecule has 0 aliphatic carbocycles. The van der Waals surface area contributed by atoms with Gasteiger partial charge in [-0.1, -0.05) is 26.0 Å². The van der Waals surface area contributed by atoms with Crippen LogP contribution >= 0.6 is 0 Å². The van der Waals surface area contributed by atoms with Crippen molar-refractivity contribution in [2.24, 2.45) is 0 Å². The van der Waals surface area contributed by atoms with Crippen LogP contribution < -0.4 is 9.64 Å². The van der Waals surface area contributed by atoms with Crippen LogP contribution in [0.5, 0.6) is 5.75 Å². The highest BCUT2D eigenvalue weighted by molar-refractivity contribution is 5.80. The van der Waals surface area contributed by atoms with Crippen molar-refractivity contribution in [3.8, 4) is 5.75 Å². The first-order valence-electron chi connectivity index (χ1n) is 11.9. The van der Waals surface area contributed by atoms with Gasteiger partial charge in [0.1, 0.15) is 17.3 Å². The third kappa shape index (κ3) is 6.01. The van der Waals surface area contributed by atoms with E-state index in [1.54, 1.807) is 18.1 Å². The minimum absolute atomic E-state index is 0.116. The number of hydrogen-bond donors (Lipinski definition) is 0. The minimum Gasteiger partial charge on any atom is -0.481 e. The van der Waals surface area contributed by atoms with Gasteiger partial charge in [0, 0.05) is 19.2 Å². The Morgan fingerprint density at radius 1 is 0.970 bits per heavy atom. The number of benzene rings is 1. The Morgan fingerprint density at radius 2 is 1.70 bits per heavy atom. The summed E-state index contributed by atoms with van der Waals surface area (Å²) in [5.74, 6) is 3.37. The average molecular weight is 451 g/mol. The number of piperidine rings is 1. The quantitative estimate of drug-likeness (QED) is 0.401. The Morgan fingerprint density at radius 3 is 2.36 bits per heavy atom. The van der Waals surface area contributed by atoms with Gasteiger partial charge in [0.2, 0.25) is 0 Å². The molecule has 1 atom stereocenters. The molecule has 6 heteroatoms. The van der Waals surface area contributed by atoms with Crippen LogP contribution in [0.15, 0.2) is 63.6 Å². The molecule has 0 bridgehead atoms. The summed E-state index contributed by atoms with van der Waals surface area (Å²) in [5.41, 5.74) is 1.24. The fourth-order valence-electron chi connectivity index (χ4n) is 4.17. The van der Waals surface area contributed by atoms with Crippen molar-refractivity contribution in [2.45, 2.75) is 65.1 Å². The number of rotatable bonds is 9. The molecule has 0 saturated carbocycles. The summed E-state index contributed by atoms with van der Waals surface area (Å²) < 4.78 is 17.6. The largest absolute Gasteiger partial charge is 0.481 e. The number of hydrogen-bond acceptors (Lipinski definition) is 5. The number of furan rings is 2. The average Bonchev–Trinajstić information content (AvgIpc) is 3.51. The molecule has 0 radical (unpaired) electrons. The summed E-state index contributed by atoms with van der Waals surface area (Å²) in [7, 11) is 0. The molecule has 4 rings (SSSR count). The fourth-order valence-corrected chi connectivity index (χ4v) is 4.17. The van der Waals surface area contributed by atoms with E-state index in [1.807, 2.05) is 48.5 Å². The molecule has 3 heterocycles. The zero-order valence-corrected chi connectivity index (χ0v) is 19.8. The molecular weight excluding hydrogens is 416 g/mol. The molecule has 0 N–H and O–H groups in total. The van der Waals surface area contributed by atoms with E-state index in [4.69, 9.17) is 13.6 Å². The van der Waals surface area contributed by atoms with E-state index in [0.29, 0.717) is 24.8 Å². The van der Waals surface area contributed by atoms with Gasteiger partial charge in [-0.05, 0) is 68.0 Å². The van der Waals surface area contributed by atoms with Crippen molar-refractivity contribution >= 4 is 11.8 Å². The molecule has 6 nitrogen and oxygen atoms in total. The van der Waals surface area contributed by atoms with Crippen molar-refractivity contribution in [3.05, 3.63) is 71.9 Å². The SMILES string of the molecule is CC(Oc1ccc(C(C)C)cc1)C(=O)N(Cc1ccco1)Cc1ccc(N2CCCCC2)o1. The summed E-state index contributed by atoms with van der Waals surface area (Å²) in [6.45, 7) is 8.83. The number of carbonyl (C=O) groups is 1. The monoisotopic (exact) mass is 450 g/mol. The predicted molar refractivity (Wildman–Crippen MR) is 128 cm³/mol. The Balaban J connectivity index is 1.45. The van der Waals surface area contributed by atoms with E-state index in [-0.39, 0.29) is 5.91 Å². The maximum Gasteiger partial charge on any atom is 0.264 e. The van der Waals surface area contributed by atoms with Crippen LogP contribution in [-0.2, 0) is 17.9 Å². The summed E-state index contributed by atoms with van der Waals surface area (Å²) in [6, 6.07) is 15.6. The fraction of sp³-hybridized carbons (Fsp3) is 0.444. The Bertz CT molecular complexity index is 1000. The summed E-state index contributed by atoms with van der Waals surface area (Å²) >= 11 is 0. The van der Waals surface area contributed by atoms with Crippen molar-refractivity contribution < 1.29 is 18.4 Å². The Kier molecular flexibility index (Phi) is 7.43. The normalized spacial score (nSPS) is 15.0. The first kappa shape index (κ1) is 23.0. The van der Waals surface area contributed by atoms with Crippen LogP contribution in [0.25, 0.3) is 0 Å². The predicted octanol–water partition coefficient (Wildman–Crippen LogP) is 5.98. The Hall–Kier alpha value is -3.15. The lowest BCUT2D eigenvalue weighted by Gasteiger charge is -2.26. The van der Waals surface area contributed by atoms with E-state index in [9.17, 15) is 4.79 Å². The lowest BCUT2D eigenvalue weighted by Crippen LogP contribution is -2.39. The van der Waals surface area contributed by atoms with Crippen molar-refractivity contribution in [1.29, 1.82) is 0 Å². The molecule has 2 aromatic heterocycles. The van der Waals surface area contributed by atoms with E-state index < -0.39 is 6.10 Å². The van der Waals surface area contributed by atoms with Gasteiger partial charge in [-0.25, -0.2) is 0 Å². The highest BCUT2D eigenvalue weighted by Gasteiger charge is 2.25. The minimum atomic E-state index is -0.638. The van der Waals surface area contributed by atoms with E-state index in [1.165, 1.54) is 24.8 Å². The molecule has 3 aromatic rings. The van der Waals surface area contributed by atoms with Crippen LogP contribution in [0.1, 0.15) is 63.0 Å². The van der Waals surface area contributed by atoms with Gasteiger partial charge in [-0.2, -0.15) is 0 Å². The van der Waals surface area contributed by atoms with Gasteiger partial charge in [0.25, 0.3) is 5.91 Å². The number of nitrogens with zero attached hydrogens (tertiary/aromatic N) is 2. The number of amides is 1.